The summed E-state index contributed by atoms with van der Waals surface area (Å²) >= 11 is 0. The highest BCUT2D eigenvalue weighted by molar-refractivity contribution is 6.23. The number of para-hydroxylation sites is 1. The van der Waals surface area contributed by atoms with Crippen molar-refractivity contribution in [1.82, 2.24) is 34.9 Å². The summed E-state index contributed by atoms with van der Waals surface area (Å²) in [7, 11) is 1.81. The predicted octanol–water partition coefficient (Wildman–Crippen LogP) is 4.85. The van der Waals surface area contributed by atoms with Gasteiger partial charge in [-0.2, -0.15) is 10.1 Å². The maximum absolute atomic E-state index is 15.6. The van der Waals surface area contributed by atoms with Gasteiger partial charge in [0.2, 0.25) is 23.7 Å². The fraction of sp³-hybridized carbons (Fsp3) is 0.333. The Morgan fingerprint density at radius 1 is 0.897 bits per heavy atom. The Balaban J connectivity index is 0.784. The molecule has 0 radical (unpaired) electrons. The van der Waals surface area contributed by atoms with Crippen LogP contribution in [0.2, 0.25) is 0 Å². The SMILES string of the molecule is Cc1cccc(C)c1Nc1nn(C)c2nc(Nc3ccc(C4CCN(C(=O)C5CN(c6ccc7c(c6)C(=O)N(C6CCC(=O)NC6=O)C7=O)C5)CC4)c(F)c3)ncc12. The van der Waals surface area contributed by atoms with Crippen molar-refractivity contribution in [3.8, 4) is 0 Å². The van der Waals surface area contributed by atoms with Gasteiger partial charge in [-0.1, -0.05) is 24.3 Å². The Morgan fingerprint density at radius 3 is 2.36 bits per heavy atom. The lowest BCUT2D eigenvalue weighted by Crippen LogP contribution is -2.55. The molecule has 0 spiro atoms. The molecule has 5 aromatic rings. The minimum atomic E-state index is -1.03. The normalized spacial score (nSPS) is 18.8. The largest absolute Gasteiger partial charge is 0.370 e. The van der Waals surface area contributed by atoms with Crippen molar-refractivity contribution in [1.29, 1.82) is 0 Å². The summed E-state index contributed by atoms with van der Waals surface area (Å²) in [5.74, 6) is -1.78. The van der Waals surface area contributed by atoms with Crippen LogP contribution in [-0.2, 0) is 21.4 Å². The van der Waals surface area contributed by atoms with Gasteiger partial charge in [0.25, 0.3) is 11.8 Å². The number of nitrogens with zero attached hydrogens (tertiary/aromatic N) is 7. The van der Waals surface area contributed by atoms with Crippen molar-refractivity contribution < 1.29 is 28.4 Å². The zero-order valence-electron chi connectivity index (χ0n) is 32.2. The first-order valence-electron chi connectivity index (χ1n) is 19.4. The smallest absolute Gasteiger partial charge is 0.262 e. The molecule has 4 aliphatic heterocycles. The number of nitrogens with one attached hydrogen (secondary N) is 3. The van der Waals surface area contributed by atoms with Crippen LogP contribution in [0.3, 0.4) is 0 Å². The molecule has 1 unspecified atom stereocenters. The van der Waals surface area contributed by atoms with Crippen LogP contribution in [0.25, 0.3) is 11.0 Å². The highest BCUT2D eigenvalue weighted by Crippen LogP contribution is 2.36. The minimum absolute atomic E-state index is 0.0350. The van der Waals surface area contributed by atoms with Gasteiger partial charge in [0.15, 0.2) is 11.5 Å². The number of carbonyl (C=O) groups excluding carboxylic acids is 5. The van der Waals surface area contributed by atoms with E-state index in [1.54, 1.807) is 35.1 Å². The Bertz CT molecular complexity index is 2540. The van der Waals surface area contributed by atoms with Gasteiger partial charge in [-0.15, -0.1) is 0 Å². The van der Waals surface area contributed by atoms with Gasteiger partial charge in [-0.3, -0.25) is 34.2 Å². The third kappa shape index (κ3) is 6.47. The third-order valence-electron chi connectivity index (χ3n) is 11.8. The second-order valence-electron chi connectivity index (χ2n) is 15.5. The minimum Gasteiger partial charge on any atom is -0.370 e. The van der Waals surface area contributed by atoms with Crippen LogP contribution in [0.5, 0.6) is 0 Å². The van der Waals surface area contributed by atoms with Crippen LogP contribution in [0.15, 0.2) is 60.8 Å². The van der Waals surface area contributed by atoms with E-state index in [1.165, 1.54) is 6.07 Å². The van der Waals surface area contributed by atoms with Crippen molar-refractivity contribution in [2.24, 2.45) is 13.0 Å². The van der Waals surface area contributed by atoms with E-state index in [9.17, 15) is 24.0 Å². The van der Waals surface area contributed by atoms with Crippen LogP contribution in [0.4, 0.5) is 33.2 Å². The first-order valence-corrected chi connectivity index (χ1v) is 19.4. The zero-order valence-corrected chi connectivity index (χ0v) is 32.2. The van der Waals surface area contributed by atoms with E-state index in [4.69, 9.17) is 0 Å². The summed E-state index contributed by atoms with van der Waals surface area (Å²) in [4.78, 5) is 77.8. The molecule has 16 heteroatoms. The van der Waals surface area contributed by atoms with Gasteiger partial charge in [-0.05, 0) is 86.1 Å². The molecule has 6 heterocycles. The van der Waals surface area contributed by atoms with Gasteiger partial charge < -0.3 is 20.4 Å². The zero-order chi connectivity index (χ0) is 40.4. The quantitative estimate of drug-likeness (QED) is 0.184. The number of likely N-dealkylation sites (tertiary alicyclic amines) is 1. The number of imide groups is 2. The molecule has 15 nitrogen and oxygen atoms in total. The summed E-state index contributed by atoms with van der Waals surface area (Å²) in [5.41, 5.74) is 6.06. The van der Waals surface area contributed by atoms with Gasteiger partial charge in [0.05, 0.1) is 22.4 Å². The summed E-state index contributed by atoms with van der Waals surface area (Å²) in [6.07, 6.45) is 3.11. The monoisotopic (exact) mass is 784 g/mol. The molecule has 58 heavy (non-hydrogen) atoms. The molecule has 0 bridgehead atoms. The predicted molar refractivity (Wildman–Crippen MR) is 213 cm³/mol. The number of aromatic nitrogens is 4. The van der Waals surface area contributed by atoms with E-state index in [0.717, 1.165) is 27.1 Å². The number of rotatable bonds is 8. The first kappa shape index (κ1) is 36.9. The molecule has 0 aliphatic carbocycles. The van der Waals surface area contributed by atoms with E-state index < -0.39 is 29.7 Å². The molecule has 2 aromatic heterocycles. The molecule has 0 saturated carbocycles. The van der Waals surface area contributed by atoms with E-state index >= 15 is 4.39 Å². The van der Waals surface area contributed by atoms with Crippen LogP contribution < -0.4 is 20.9 Å². The second kappa shape index (κ2) is 14.3. The van der Waals surface area contributed by atoms with Crippen molar-refractivity contribution in [2.45, 2.75) is 51.5 Å². The standard InChI is InChI=1S/C42H41FN10O5/c1-22-5-4-6-23(2)35(22)47-36-31-19-44-42(48-37(31)50(3)49-36)45-26-7-9-28(32(43)17-26)24-13-15-51(16-14-24)39(56)25-20-52(21-25)27-8-10-29-30(18-27)41(58)53(40(29)57)33-11-12-34(54)46-38(33)55/h4-10,17-19,24-25,33H,11-16,20-21H2,1-3H3,(H,47,49)(H,44,45,48)(H,46,54,55). The van der Waals surface area contributed by atoms with Crippen molar-refractivity contribution in [2.75, 3.05) is 41.7 Å². The lowest BCUT2D eigenvalue weighted by atomic mass is 9.87. The molecule has 3 fully saturated rings. The fourth-order valence-corrected chi connectivity index (χ4v) is 8.56. The van der Waals surface area contributed by atoms with Crippen LogP contribution in [0.1, 0.15) is 69.0 Å². The van der Waals surface area contributed by atoms with Crippen molar-refractivity contribution in [3.05, 3.63) is 94.4 Å². The number of amides is 5. The van der Waals surface area contributed by atoms with Crippen molar-refractivity contribution in [3.63, 3.8) is 0 Å². The number of benzene rings is 3. The van der Waals surface area contributed by atoms with Crippen LogP contribution >= 0.6 is 0 Å². The summed E-state index contributed by atoms with van der Waals surface area (Å²) in [5, 5.41) is 14.1. The Labute approximate surface area is 332 Å². The van der Waals surface area contributed by atoms with Gasteiger partial charge in [0.1, 0.15) is 11.9 Å². The third-order valence-corrected chi connectivity index (χ3v) is 11.8. The van der Waals surface area contributed by atoms with Gasteiger partial charge in [0, 0.05) is 62.9 Å². The topological polar surface area (TPSA) is 175 Å². The average Bonchev–Trinajstić information content (AvgIpc) is 3.63. The fourth-order valence-electron chi connectivity index (χ4n) is 8.56. The average molecular weight is 785 g/mol. The molecule has 9 rings (SSSR count). The molecule has 3 N–H and O–H groups in total. The first-order chi connectivity index (χ1) is 27.9. The number of hydrogen-bond acceptors (Lipinski definition) is 11. The second-order valence-corrected chi connectivity index (χ2v) is 15.5. The van der Waals surface area contributed by atoms with E-state index in [1.807, 2.05) is 55.0 Å². The highest BCUT2D eigenvalue weighted by atomic mass is 19.1. The molecule has 296 valence electrons. The van der Waals surface area contributed by atoms with E-state index in [2.05, 4.69) is 31.0 Å². The summed E-state index contributed by atoms with van der Waals surface area (Å²) in [6, 6.07) is 15.1. The molecular formula is C42H41FN10O5. The Morgan fingerprint density at radius 2 is 1.64 bits per heavy atom. The van der Waals surface area contributed by atoms with Gasteiger partial charge in [-0.25, -0.2) is 14.1 Å². The molecule has 5 amide bonds. The molecule has 4 aliphatic rings. The van der Waals surface area contributed by atoms with E-state index in [-0.39, 0.29) is 47.5 Å². The number of halogens is 1. The lowest BCUT2D eigenvalue weighted by Gasteiger charge is -2.43. The Kier molecular flexibility index (Phi) is 9.13. The number of carbonyl (C=O) groups is 5. The van der Waals surface area contributed by atoms with Gasteiger partial charge >= 0.3 is 0 Å². The number of fused-ring (bicyclic) bond motifs is 2. The maximum Gasteiger partial charge on any atom is 0.262 e. The molecular weight excluding hydrogens is 744 g/mol. The molecule has 1 atom stereocenters. The number of aryl methyl sites for hydroxylation is 3. The van der Waals surface area contributed by atoms with Crippen LogP contribution in [0, 0.1) is 25.6 Å². The Hall–Kier alpha value is -6.71. The highest BCUT2D eigenvalue weighted by Gasteiger charge is 2.45. The van der Waals surface area contributed by atoms with Crippen molar-refractivity contribution >= 4 is 69.4 Å². The summed E-state index contributed by atoms with van der Waals surface area (Å²) in [6.45, 7) is 6.03. The lowest BCUT2D eigenvalue weighted by molar-refractivity contribution is -0.138. The molecule has 3 aromatic carbocycles. The molecule has 3 saturated heterocycles. The maximum atomic E-state index is 15.6. The number of piperidine rings is 2. The van der Waals surface area contributed by atoms with Crippen LogP contribution in [-0.4, -0.2) is 91.3 Å². The number of anilines is 5. The van der Waals surface area contributed by atoms with E-state index in [0.29, 0.717) is 73.4 Å². The number of hydrogen-bond donors (Lipinski definition) is 3. The summed E-state index contributed by atoms with van der Waals surface area (Å²) < 4.78 is 17.3.